The molecule has 4 heteroatoms. The van der Waals surface area contributed by atoms with Crippen LogP contribution in [0.5, 0.6) is 0 Å². The van der Waals surface area contributed by atoms with E-state index in [1.165, 1.54) is 11.1 Å². The zero-order valence-corrected chi connectivity index (χ0v) is 13.1. The highest BCUT2D eigenvalue weighted by molar-refractivity contribution is 7.98. The largest absolute Gasteiger partial charge is 0.370 e. The molecule has 106 valence electrons. The van der Waals surface area contributed by atoms with Crippen LogP contribution in [0, 0.1) is 13.8 Å². The van der Waals surface area contributed by atoms with Gasteiger partial charge >= 0.3 is 0 Å². The van der Waals surface area contributed by atoms with Gasteiger partial charge in [-0.05, 0) is 31.4 Å². The van der Waals surface area contributed by atoms with E-state index in [0.717, 1.165) is 35.1 Å². The summed E-state index contributed by atoms with van der Waals surface area (Å²) in [6.45, 7) is 7.33. The Balaban J connectivity index is 2.08. The molecule has 3 nitrogen and oxygen atoms in total. The molecule has 0 unspecified atom stereocenters. The molecule has 2 rings (SSSR count). The van der Waals surface area contributed by atoms with Gasteiger partial charge in [0.05, 0.1) is 0 Å². The van der Waals surface area contributed by atoms with Crippen molar-refractivity contribution in [2.45, 2.75) is 38.0 Å². The molecule has 0 saturated carbocycles. The Hall–Kier alpha value is -1.55. The number of anilines is 1. The minimum atomic E-state index is 0.942. The van der Waals surface area contributed by atoms with Crippen LogP contribution >= 0.6 is 11.8 Å². The summed E-state index contributed by atoms with van der Waals surface area (Å²) >= 11 is 1.77. The number of hydrogen-bond acceptors (Lipinski definition) is 4. The lowest BCUT2D eigenvalue weighted by Gasteiger charge is -2.11. The maximum Gasteiger partial charge on any atom is 0.133 e. The lowest BCUT2D eigenvalue weighted by molar-refractivity contribution is 0.938. The maximum absolute atomic E-state index is 4.40. The predicted molar refractivity (Wildman–Crippen MR) is 86.3 cm³/mol. The summed E-state index contributed by atoms with van der Waals surface area (Å²) in [6, 6.07) is 8.49. The number of nitrogens with zero attached hydrogens (tertiary/aromatic N) is 2. The summed E-state index contributed by atoms with van der Waals surface area (Å²) in [6.07, 6.45) is 2.74. The minimum absolute atomic E-state index is 0.942. The Labute approximate surface area is 125 Å². The average molecular weight is 287 g/mol. The Morgan fingerprint density at radius 1 is 1.15 bits per heavy atom. The van der Waals surface area contributed by atoms with E-state index < -0.39 is 0 Å². The van der Waals surface area contributed by atoms with Crippen molar-refractivity contribution in [2.24, 2.45) is 0 Å². The zero-order chi connectivity index (χ0) is 14.4. The van der Waals surface area contributed by atoms with E-state index in [1.54, 1.807) is 18.1 Å². The van der Waals surface area contributed by atoms with E-state index in [-0.39, 0.29) is 0 Å². The molecule has 1 aromatic carbocycles. The second-order valence-electron chi connectivity index (χ2n) is 4.79. The summed E-state index contributed by atoms with van der Waals surface area (Å²) in [5, 5.41) is 4.41. The Morgan fingerprint density at radius 3 is 2.70 bits per heavy atom. The number of benzene rings is 1. The summed E-state index contributed by atoms with van der Waals surface area (Å²) in [5.74, 6) is 1.90. The van der Waals surface area contributed by atoms with Gasteiger partial charge in [0.1, 0.15) is 17.2 Å². The van der Waals surface area contributed by atoms with Gasteiger partial charge in [-0.2, -0.15) is 0 Å². The molecule has 0 saturated heterocycles. The van der Waals surface area contributed by atoms with Crippen LogP contribution in [-0.2, 0) is 5.75 Å². The lowest BCUT2D eigenvalue weighted by atomic mass is 10.1. The third kappa shape index (κ3) is 3.73. The van der Waals surface area contributed by atoms with Gasteiger partial charge in [-0.3, -0.25) is 0 Å². The molecule has 2 aromatic rings. The van der Waals surface area contributed by atoms with Crippen molar-refractivity contribution in [3.63, 3.8) is 0 Å². The fourth-order valence-electron chi connectivity index (χ4n) is 1.92. The zero-order valence-electron chi connectivity index (χ0n) is 12.3. The Morgan fingerprint density at radius 2 is 1.95 bits per heavy atom. The summed E-state index contributed by atoms with van der Waals surface area (Å²) in [4.78, 5) is 8.72. The van der Waals surface area contributed by atoms with Crippen LogP contribution in [0.25, 0.3) is 0 Å². The highest BCUT2D eigenvalue weighted by Gasteiger charge is 2.08. The van der Waals surface area contributed by atoms with Gasteiger partial charge in [0, 0.05) is 17.9 Å². The molecule has 0 aliphatic rings. The predicted octanol–water partition coefficient (Wildman–Crippen LogP) is 4.21. The van der Waals surface area contributed by atoms with E-state index in [1.807, 2.05) is 0 Å². The average Bonchev–Trinajstić information content (AvgIpc) is 2.46. The molecule has 1 heterocycles. The highest BCUT2D eigenvalue weighted by Crippen LogP contribution is 2.27. The Bertz CT molecular complexity index is 569. The molecule has 20 heavy (non-hydrogen) atoms. The third-order valence-corrected chi connectivity index (χ3v) is 4.35. The van der Waals surface area contributed by atoms with Crippen LogP contribution in [0.4, 0.5) is 5.82 Å². The van der Waals surface area contributed by atoms with Crippen molar-refractivity contribution in [2.75, 3.05) is 11.9 Å². The molecular formula is C16H21N3S. The van der Waals surface area contributed by atoms with Gasteiger partial charge in [0.15, 0.2) is 0 Å². The number of aryl methyl sites for hydroxylation is 1. The first-order valence-corrected chi connectivity index (χ1v) is 7.93. The fourth-order valence-corrected chi connectivity index (χ4v) is 2.97. The molecule has 0 fully saturated rings. The molecule has 0 spiro atoms. The van der Waals surface area contributed by atoms with Crippen LogP contribution in [0.15, 0.2) is 35.6 Å². The van der Waals surface area contributed by atoms with E-state index in [2.05, 4.69) is 60.3 Å². The first-order chi connectivity index (χ1) is 9.72. The number of aromatic nitrogens is 2. The number of rotatable bonds is 6. The molecule has 0 bridgehead atoms. The van der Waals surface area contributed by atoms with Gasteiger partial charge in [-0.15, -0.1) is 11.8 Å². The molecule has 0 atom stereocenters. The summed E-state index contributed by atoms with van der Waals surface area (Å²) < 4.78 is 0. The number of hydrogen-bond donors (Lipinski definition) is 1. The van der Waals surface area contributed by atoms with Gasteiger partial charge in [0.25, 0.3) is 0 Å². The van der Waals surface area contributed by atoms with Crippen molar-refractivity contribution >= 4 is 17.6 Å². The molecule has 0 aliphatic carbocycles. The standard InChI is InChI=1S/C16H21N3S/c1-4-9-17-15-13(3)16(19-11-18-15)20-10-14-8-6-5-7-12(14)2/h5-8,11H,4,9-10H2,1-3H3,(H,17,18,19). The number of thioether (sulfide) groups is 1. The monoisotopic (exact) mass is 287 g/mol. The highest BCUT2D eigenvalue weighted by atomic mass is 32.2. The van der Waals surface area contributed by atoms with Crippen molar-refractivity contribution in [1.29, 1.82) is 0 Å². The van der Waals surface area contributed by atoms with Crippen molar-refractivity contribution < 1.29 is 0 Å². The molecule has 0 radical (unpaired) electrons. The van der Waals surface area contributed by atoms with Crippen LogP contribution in [0.2, 0.25) is 0 Å². The fraction of sp³-hybridized carbons (Fsp3) is 0.375. The third-order valence-electron chi connectivity index (χ3n) is 3.21. The van der Waals surface area contributed by atoms with Gasteiger partial charge in [-0.1, -0.05) is 31.2 Å². The van der Waals surface area contributed by atoms with E-state index in [4.69, 9.17) is 0 Å². The van der Waals surface area contributed by atoms with Crippen LogP contribution in [0.3, 0.4) is 0 Å². The lowest BCUT2D eigenvalue weighted by Crippen LogP contribution is -2.05. The topological polar surface area (TPSA) is 37.8 Å². The second-order valence-corrected chi connectivity index (χ2v) is 5.76. The van der Waals surface area contributed by atoms with Gasteiger partial charge < -0.3 is 5.32 Å². The van der Waals surface area contributed by atoms with E-state index in [9.17, 15) is 0 Å². The summed E-state index contributed by atoms with van der Waals surface area (Å²) in [7, 11) is 0. The number of nitrogens with one attached hydrogen (secondary N) is 1. The van der Waals surface area contributed by atoms with Gasteiger partial charge in [0.2, 0.25) is 0 Å². The smallest absolute Gasteiger partial charge is 0.133 e. The maximum atomic E-state index is 4.40. The molecular weight excluding hydrogens is 266 g/mol. The molecule has 1 aromatic heterocycles. The van der Waals surface area contributed by atoms with Crippen LogP contribution in [-0.4, -0.2) is 16.5 Å². The van der Waals surface area contributed by atoms with Crippen molar-refractivity contribution in [1.82, 2.24) is 9.97 Å². The van der Waals surface area contributed by atoms with Crippen LogP contribution in [0.1, 0.15) is 30.0 Å². The quantitative estimate of drug-likeness (QED) is 0.638. The Kier molecular flexibility index (Phi) is 5.41. The van der Waals surface area contributed by atoms with E-state index in [0.29, 0.717) is 0 Å². The van der Waals surface area contributed by atoms with E-state index >= 15 is 0 Å². The summed E-state index contributed by atoms with van der Waals surface area (Å²) in [5.41, 5.74) is 3.83. The minimum Gasteiger partial charge on any atom is -0.370 e. The van der Waals surface area contributed by atoms with Crippen molar-refractivity contribution in [3.8, 4) is 0 Å². The SMILES string of the molecule is CCCNc1ncnc(SCc2ccccc2C)c1C. The van der Waals surface area contributed by atoms with Crippen LogP contribution < -0.4 is 5.32 Å². The molecule has 1 N–H and O–H groups in total. The first-order valence-electron chi connectivity index (χ1n) is 6.95. The normalized spacial score (nSPS) is 10.6. The molecule has 0 amide bonds. The van der Waals surface area contributed by atoms with Crippen molar-refractivity contribution in [3.05, 3.63) is 47.3 Å². The first kappa shape index (κ1) is 14.9. The van der Waals surface area contributed by atoms with Gasteiger partial charge in [-0.25, -0.2) is 9.97 Å². The molecule has 0 aliphatic heterocycles. The second kappa shape index (κ2) is 7.29.